The average Bonchev–Trinajstić information content (AvgIpc) is 2.15. The predicted octanol–water partition coefficient (Wildman–Crippen LogP) is 1.40. The predicted molar refractivity (Wildman–Crippen MR) is 66.5 cm³/mol. The van der Waals surface area contributed by atoms with Crippen LogP contribution in [0.15, 0.2) is 0 Å². The van der Waals surface area contributed by atoms with E-state index in [1.54, 1.807) is 0 Å². The molecule has 0 aliphatic heterocycles. The minimum Gasteiger partial charge on any atom is -0.464 e. The molecule has 0 aromatic heterocycles. The molecule has 7 heteroatoms. The zero-order valence-electron chi connectivity index (χ0n) is 10.6. The van der Waals surface area contributed by atoms with Crippen LogP contribution in [0.25, 0.3) is 0 Å². The van der Waals surface area contributed by atoms with E-state index in [4.69, 9.17) is 4.55 Å². The Balaban J connectivity index is 0. The molecule has 1 N–H and O–H groups in total. The molecule has 0 spiro atoms. The van der Waals surface area contributed by atoms with E-state index in [-0.39, 0.29) is 25.5 Å². The SMILES string of the molecule is CCCCCCCC(=O)OCCS(=O)(=O)O.[Li]. The summed E-state index contributed by atoms with van der Waals surface area (Å²) in [6, 6.07) is 0. The summed E-state index contributed by atoms with van der Waals surface area (Å²) in [5.41, 5.74) is 0. The summed E-state index contributed by atoms with van der Waals surface area (Å²) in [4.78, 5) is 11.1. The number of unbranched alkanes of at least 4 members (excludes halogenated alkanes) is 4. The van der Waals surface area contributed by atoms with Gasteiger partial charge in [-0.15, -0.1) is 0 Å². The molecule has 5 nitrogen and oxygen atoms in total. The summed E-state index contributed by atoms with van der Waals surface area (Å²) in [6.45, 7) is 1.84. The van der Waals surface area contributed by atoms with E-state index in [9.17, 15) is 13.2 Å². The van der Waals surface area contributed by atoms with Gasteiger partial charge in [-0.2, -0.15) is 8.42 Å². The van der Waals surface area contributed by atoms with E-state index in [1.807, 2.05) is 0 Å². The van der Waals surface area contributed by atoms with Crippen LogP contribution in [0, 0.1) is 0 Å². The van der Waals surface area contributed by atoms with Gasteiger partial charge in [0.05, 0.1) is 0 Å². The van der Waals surface area contributed by atoms with E-state index in [1.165, 1.54) is 0 Å². The fourth-order valence-electron chi connectivity index (χ4n) is 1.21. The molecule has 0 bridgehead atoms. The first-order valence-electron chi connectivity index (χ1n) is 5.56. The summed E-state index contributed by atoms with van der Waals surface area (Å²) in [5, 5.41) is 0. The summed E-state index contributed by atoms with van der Waals surface area (Å²) >= 11 is 0. The molecule has 0 atom stereocenters. The minimum absolute atomic E-state index is 0. The molecule has 97 valence electrons. The van der Waals surface area contributed by atoms with Crippen molar-refractivity contribution < 1.29 is 22.5 Å². The summed E-state index contributed by atoms with van der Waals surface area (Å²) < 4.78 is 33.6. The molecule has 0 heterocycles. The maximum absolute atomic E-state index is 11.1. The third kappa shape index (κ3) is 16.0. The van der Waals surface area contributed by atoms with Crippen LogP contribution in [0.5, 0.6) is 0 Å². The number of ether oxygens (including phenoxy) is 1. The molecule has 0 amide bonds. The van der Waals surface area contributed by atoms with Gasteiger partial charge in [0.15, 0.2) is 0 Å². The Kier molecular flexibility index (Phi) is 12.6. The Hall–Kier alpha value is -0.0226. The summed E-state index contributed by atoms with van der Waals surface area (Å²) in [6.07, 6.45) is 5.49. The first-order chi connectivity index (χ1) is 7.45. The topological polar surface area (TPSA) is 80.7 Å². The quantitative estimate of drug-likeness (QED) is 0.293. The van der Waals surface area contributed by atoms with Crippen LogP contribution in [0.4, 0.5) is 0 Å². The zero-order valence-corrected chi connectivity index (χ0v) is 11.5. The van der Waals surface area contributed by atoms with Crippen LogP contribution in [-0.2, 0) is 19.6 Å². The van der Waals surface area contributed by atoms with Crippen molar-refractivity contribution in [2.45, 2.75) is 45.4 Å². The molecule has 0 unspecified atom stereocenters. The molecule has 0 fully saturated rings. The van der Waals surface area contributed by atoms with Crippen molar-refractivity contribution >= 4 is 34.9 Å². The van der Waals surface area contributed by atoms with Gasteiger partial charge < -0.3 is 4.74 Å². The molecule has 0 aromatic carbocycles. The molecule has 0 aromatic rings. The van der Waals surface area contributed by atoms with Crippen molar-refractivity contribution in [3.63, 3.8) is 0 Å². The van der Waals surface area contributed by atoms with Gasteiger partial charge in [0, 0.05) is 25.3 Å². The molecule has 0 saturated carbocycles. The third-order valence-electron chi connectivity index (χ3n) is 2.09. The first-order valence-corrected chi connectivity index (χ1v) is 7.17. The van der Waals surface area contributed by atoms with Gasteiger partial charge in [-0.3, -0.25) is 9.35 Å². The van der Waals surface area contributed by atoms with Crippen LogP contribution in [0.1, 0.15) is 45.4 Å². The maximum Gasteiger partial charge on any atom is 0.305 e. The van der Waals surface area contributed by atoms with Crippen LogP contribution >= 0.6 is 0 Å². The molecule has 0 saturated heterocycles. The van der Waals surface area contributed by atoms with Gasteiger partial charge in [0.25, 0.3) is 10.1 Å². The van der Waals surface area contributed by atoms with Crippen molar-refractivity contribution in [1.82, 2.24) is 0 Å². The molecule has 17 heavy (non-hydrogen) atoms. The Morgan fingerprint density at radius 1 is 1.18 bits per heavy atom. The fraction of sp³-hybridized carbons (Fsp3) is 0.900. The van der Waals surface area contributed by atoms with E-state index >= 15 is 0 Å². The molecule has 0 aliphatic carbocycles. The van der Waals surface area contributed by atoms with Gasteiger partial charge >= 0.3 is 5.97 Å². The molecular weight excluding hydrogens is 239 g/mol. The third-order valence-corrected chi connectivity index (χ3v) is 2.77. The van der Waals surface area contributed by atoms with Crippen molar-refractivity contribution in [1.29, 1.82) is 0 Å². The molecular formula is C10H20LiO5S. The van der Waals surface area contributed by atoms with Crippen LogP contribution in [0.2, 0.25) is 0 Å². The first kappa shape index (κ1) is 19.3. The molecule has 0 aliphatic rings. The normalized spacial score (nSPS) is 10.7. The van der Waals surface area contributed by atoms with E-state index in [0.29, 0.717) is 6.42 Å². The molecule has 1 radical (unpaired) electrons. The summed E-state index contributed by atoms with van der Waals surface area (Å²) in [7, 11) is -4.03. The number of carbonyl (C=O) groups excluding carboxylic acids is 1. The standard InChI is InChI=1S/C10H20O5S.Li/c1-2-3-4-5-6-7-10(11)15-8-9-16(12,13)14;/h2-9H2,1H3,(H,12,13,14);. The van der Waals surface area contributed by atoms with E-state index in [2.05, 4.69) is 11.7 Å². The minimum atomic E-state index is -4.03. The fourth-order valence-corrected chi connectivity index (χ4v) is 1.50. The van der Waals surface area contributed by atoms with Gasteiger partial charge in [0.1, 0.15) is 12.4 Å². The van der Waals surface area contributed by atoms with Crippen molar-refractivity contribution in [3.8, 4) is 0 Å². The van der Waals surface area contributed by atoms with E-state index < -0.39 is 21.8 Å². The van der Waals surface area contributed by atoms with Gasteiger partial charge in [0.2, 0.25) is 0 Å². The largest absolute Gasteiger partial charge is 0.464 e. The van der Waals surface area contributed by atoms with Crippen molar-refractivity contribution in [2.24, 2.45) is 0 Å². The Labute approximate surface area is 115 Å². The van der Waals surface area contributed by atoms with Crippen molar-refractivity contribution in [2.75, 3.05) is 12.4 Å². The number of rotatable bonds is 9. The molecule has 0 rings (SSSR count). The monoisotopic (exact) mass is 259 g/mol. The Bertz CT molecular complexity index is 289. The van der Waals surface area contributed by atoms with Gasteiger partial charge in [-0.05, 0) is 6.42 Å². The Morgan fingerprint density at radius 2 is 1.76 bits per heavy atom. The second-order valence-electron chi connectivity index (χ2n) is 3.67. The number of carbonyl (C=O) groups is 1. The number of esters is 1. The van der Waals surface area contributed by atoms with Crippen LogP contribution in [0.3, 0.4) is 0 Å². The Morgan fingerprint density at radius 3 is 2.29 bits per heavy atom. The average molecular weight is 259 g/mol. The van der Waals surface area contributed by atoms with Crippen LogP contribution < -0.4 is 0 Å². The van der Waals surface area contributed by atoms with Gasteiger partial charge in [-0.25, -0.2) is 0 Å². The second-order valence-corrected chi connectivity index (χ2v) is 5.24. The summed E-state index contributed by atoms with van der Waals surface area (Å²) in [5.74, 6) is -0.936. The second kappa shape index (κ2) is 11.1. The van der Waals surface area contributed by atoms with Gasteiger partial charge in [-0.1, -0.05) is 32.6 Å². The van der Waals surface area contributed by atoms with Crippen molar-refractivity contribution in [3.05, 3.63) is 0 Å². The van der Waals surface area contributed by atoms with Crippen LogP contribution in [-0.4, -0.2) is 50.2 Å². The maximum atomic E-state index is 11.1. The zero-order chi connectivity index (χ0) is 12.4. The number of hydrogen-bond acceptors (Lipinski definition) is 4. The van der Waals surface area contributed by atoms with E-state index in [0.717, 1.165) is 32.1 Å². The smallest absolute Gasteiger partial charge is 0.305 e. The number of hydrogen-bond donors (Lipinski definition) is 1.